The fourth-order valence-electron chi connectivity index (χ4n) is 3.03. The van der Waals surface area contributed by atoms with Crippen molar-refractivity contribution in [3.8, 4) is 5.75 Å². The Kier molecular flexibility index (Phi) is 4.07. The van der Waals surface area contributed by atoms with Gasteiger partial charge in [-0.2, -0.15) is 0 Å². The smallest absolute Gasteiger partial charge is 0.116 e. The number of aryl methyl sites for hydroxylation is 2. The lowest BCUT2D eigenvalue weighted by atomic mass is 9.93. The highest BCUT2D eigenvalue weighted by Crippen LogP contribution is 2.35. The van der Waals surface area contributed by atoms with Crippen LogP contribution >= 0.6 is 0 Å². The lowest BCUT2D eigenvalue weighted by Crippen LogP contribution is -2.06. The Morgan fingerprint density at radius 1 is 1.05 bits per heavy atom. The van der Waals surface area contributed by atoms with Crippen LogP contribution in [0.25, 0.3) is 5.57 Å². The second-order valence-electron chi connectivity index (χ2n) is 5.51. The molecule has 0 aliphatic heterocycles. The van der Waals surface area contributed by atoms with Gasteiger partial charge in [0.2, 0.25) is 0 Å². The number of rotatable bonds is 3. The number of hydrogen-bond donors (Lipinski definition) is 2. The van der Waals surface area contributed by atoms with Gasteiger partial charge in [-0.1, -0.05) is 36.4 Å². The van der Waals surface area contributed by atoms with Crippen molar-refractivity contribution in [2.24, 2.45) is 0 Å². The van der Waals surface area contributed by atoms with E-state index >= 15 is 0 Å². The molecule has 0 heterocycles. The molecule has 0 unspecified atom stereocenters. The first-order valence-electron chi connectivity index (χ1n) is 7.55. The van der Waals surface area contributed by atoms with E-state index in [1.807, 2.05) is 13.1 Å². The van der Waals surface area contributed by atoms with Crippen molar-refractivity contribution in [3.05, 3.63) is 70.8 Å². The number of aromatic hydroxyl groups is 1. The number of phenols is 1. The Morgan fingerprint density at radius 3 is 2.62 bits per heavy atom. The van der Waals surface area contributed by atoms with E-state index < -0.39 is 0 Å². The summed E-state index contributed by atoms with van der Waals surface area (Å²) in [5, 5.41) is 13.1. The molecule has 2 heteroatoms. The van der Waals surface area contributed by atoms with E-state index in [-0.39, 0.29) is 0 Å². The molecule has 0 saturated carbocycles. The zero-order valence-corrected chi connectivity index (χ0v) is 12.4. The van der Waals surface area contributed by atoms with Crippen LogP contribution in [0.15, 0.2) is 48.5 Å². The standard InChI is InChI=1S/C19H21NO/c1-20-12-4-7-18-17-6-3-2-5-14(17)8-9-15-10-11-16(21)13-19(15)18/h2-3,5-7,10-11,13,20-21H,4,8-9,12H2,1H3/b18-7-. The first-order valence-corrected chi connectivity index (χ1v) is 7.55. The molecule has 1 aliphatic carbocycles. The van der Waals surface area contributed by atoms with Gasteiger partial charge in [0.15, 0.2) is 0 Å². The summed E-state index contributed by atoms with van der Waals surface area (Å²) in [5.41, 5.74) is 6.45. The normalized spacial score (nSPS) is 15.4. The van der Waals surface area contributed by atoms with Gasteiger partial charge in [-0.15, -0.1) is 0 Å². The van der Waals surface area contributed by atoms with Crippen LogP contribution in [0.5, 0.6) is 5.75 Å². The zero-order chi connectivity index (χ0) is 14.7. The van der Waals surface area contributed by atoms with Gasteiger partial charge < -0.3 is 10.4 Å². The maximum atomic E-state index is 9.88. The number of benzene rings is 2. The average Bonchev–Trinajstić information content (AvgIpc) is 2.65. The van der Waals surface area contributed by atoms with Crippen LogP contribution in [0.4, 0.5) is 0 Å². The van der Waals surface area contributed by atoms with Crippen molar-refractivity contribution in [1.82, 2.24) is 5.32 Å². The summed E-state index contributed by atoms with van der Waals surface area (Å²) in [6.45, 7) is 0.958. The second kappa shape index (κ2) is 6.15. The molecule has 2 N–H and O–H groups in total. The number of nitrogens with one attached hydrogen (secondary N) is 1. The van der Waals surface area contributed by atoms with E-state index in [1.165, 1.54) is 27.8 Å². The average molecular weight is 279 g/mol. The molecular weight excluding hydrogens is 258 g/mol. The Labute approximate surface area is 126 Å². The van der Waals surface area contributed by atoms with E-state index in [4.69, 9.17) is 0 Å². The SMILES string of the molecule is CNCC/C=C1/c2ccccc2CCc2ccc(O)cc21. The van der Waals surface area contributed by atoms with Crippen molar-refractivity contribution < 1.29 is 5.11 Å². The summed E-state index contributed by atoms with van der Waals surface area (Å²) >= 11 is 0. The summed E-state index contributed by atoms with van der Waals surface area (Å²) in [5.74, 6) is 0.340. The second-order valence-corrected chi connectivity index (χ2v) is 5.51. The monoisotopic (exact) mass is 279 g/mol. The van der Waals surface area contributed by atoms with Gasteiger partial charge in [-0.05, 0) is 72.8 Å². The van der Waals surface area contributed by atoms with Crippen LogP contribution in [-0.4, -0.2) is 18.7 Å². The maximum Gasteiger partial charge on any atom is 0.116 e. The minimum atomic E-state index is 0.340. The third-order valence-corrected chi connectivity index (χ3v) is 4.10. The molecule has 2 nitrogen and oxygen atoms in total. The predicted octanol–water partition coefficient (Wildman–Crippen LogP) is 3.53. The van der Waals surface area contributed by atoms with Crippen molar-refractivity contribution in [2.45, 2.75) is 19.3 Å². The molecule has 0 fully saturated rings. The molecule has 0 amide bonds. The number of fused-ring (bicyclic) bond motifs is 2. The van der Waals surface area contributed by atoms with Gasteiger partial charge in [0.25, 0.3) is 0 Å². The third-order valence-electron chi connectivity index (χ3n) is 4.10. The predicted molar refractivity (Wildman–Crippen MR) is 87.6 cm³/mol. The molecule has 2 aromatic carbocycles. The lowest BCUT2D eigenvalue weighted by Gasteiger charge is -2.12. The van der Waals surface area contributed by atoms with E-state index in [9.17, 15) is 5.11 Å². The van der Waals surface area contributed by atoms with Crippen LogP contribution in [0.3, 0.4) is 0 Å². The molecular formula is C19H21NO. The first kappa shape index (κ1) is 13.9. The molecule has 0 atom stereocenters. The Balaban J connectivity index is 2.14. The molecule has 2 aromatic rings. The molecule has 1 aliphatic rings. The minimum absolute atomic E-state index is 0.340. The zero-order valence-electron chi connectivity index (χ0n) is 12.4. The molecule has 108 valence electrons. The molecule has 0 spiro atoms. The molecule has 0 aromatic heterocycles. The van der Waals surface area contributed by atoms with Crippen molar-refractivity contribution in [2.75, 3.05) is 13.6 Å². The highest BCUT2D eigenvalue weighted by Gasteiger charge is 2.17. The Hall–Kier alpha value is -2.06. The highest BCUT2D eigenvalue weighted by molar-refractivity contribution is 5.84. The van der Waals surface area contributed by atoms with Crippen LogP contribution in [0, 0.1) is 0 Å². The summed E-state index contributed by atoms with van der Waals surface area (Å²) in [4.78, 5) is 0. The summed E-state index contributed by atoms with van der Waals surface area (Å²) in [6, 6.07) is 14.4. The van der Waals surface area contributed by atoms with Crippen LogP contribution in [-0.2, 0) is 12.8 Å². The highest BCUT2D eigenvalue weighted by atomic mass is 16.3. The summed E-state index contributed by atoms with van der Waals surface area (Å²) in [7, 11) is 1.97. The van der Waals surface area contributed by atoms with Crippen molar-refractivity contribution in [1.29, 1.82) is 0 Å². The van der Waals surface area contributed by atoms with Crippen LogP contribution in [0.2, 0.25) is 0 Å². The van der Waals surface area contributed by atoms with Gasteiger partial charge in [0.1, 0.15) is 5.75 Å². The fraction of sp³-hybridized carbons (Fsp3) is 0.263. The lowest BCUT2D eigenvalue weighted by molar-refractivity contribution is 0.475. The molecule has 21 heavy (non-hydrogen) atoms. The molecule has 3 rings (SSSR count). The van der Waals surface area contributed by atoms with Crippen LogP contribution in [0.1, 0.15) is 28.7 Å². The van der Waals surface area contributed by atoms with Gasteiger partial charge in [0, 0.05) is 0 Å². The topological polar surface area (TPSA) is 32.3 Å². The summed E-state index contributed by atoms with van der Waals surface area (Å²) in [6.07, 6.45) is 5.35. The Bertz CT molecular complexity index is 673. The van der Waals surface area contributed by atoms with Gasteiger partial charge in [-0.3, -0.25) is 0 Å². The number of hydrogen-bond acceptors (Lipinski definition) is 2. The molecule has 0 bridgehead atoms. The molecule has 0 saturated heterocycles. The Morgan fingerprint density at radius 2 is 1.81 bits per heavy atom. The van der Waals surface area contributed by atoms with Gasteiger partial charge in [-0.25, -0.2) is 0 Å². The van der Waals surface area contributed by atoms with E-state index in [1.54, 1.807) is 6.07 Å². The summed E-state index contributed by atoms with van der Waals surface area (Å²) < 4.78 is 0. The van der Waals surface area contributed by atoms with E-state index in [0.29, 0.717) is 5.75 Å². The largest absolute Gasteiger partial charge is 0.508 e. The van der Waals surface area contributed by atoms with Crippen molar-refractivity contribution >= 4 is 5.57 Å². The minimum Gasteiger partial charge on any atom is -0.508 e. The quantitative estimate of drug-likeness (QED) is 0.842. The fourth-order valence-corrected chi connectivity index (χ4v) is 3.03. The number of phenolic OH excluding ortho intramolecular Hbond substituents is 1. The van der Waals surface area contributed by atoms with E-state index in [0.717, 1.165) is 25.8 Å². The maximum absolute atomic E-state index is 9.88. The van der Waals surface area contributed by atoms with Crippen LogP contribution < -0.4 is 5.32 Å². The first-order chi connectivity index (χ1) is 10.3. The third kappa shape index (κ3) is 2.86. The molecule has 0 radical (unpaired) electrons. The van der Waals surface area contributed by atoms with E-state index in [2.05, 4.69) is 41.7 Å². The van der Waals surface area contributed by atoms with Crippen molar-refractivity contribution in [3.63, 3.8) is 0 Å². The van der Waals surface area contributed by atoms with Gasteiger partial charge >= 0.3 is 0 Å². The van der Waals surface area contributed by atoms with Gasteiger partial charge in [0.05, 0.1) is 0 Å².